The van der Waals surface area contributed by atoms with Crippen molar-refractivity contribution in [3.63, 3.8) is 0 Å². The van der Waals surface area contributed by atoms with E-state index < -0.39 is 0 Å². The molecule has 3 rings (SSSR count). The molecule has 0 saturated carbocycles. The number of para-hydroxylation sites is 2. The molecule has 0 amide bonds. The summed E-state index contributed by atoms with van der Waals surface area (Å²) in [4.78, 5) is 7.54. The van der Waals surface area contributed by atoms with Crippen LogP contribution in [0.4, 0.5) is 0 Å². The van der Waals surface area contributed by atoms with Gasteiger partial charge in [-0.1, -0.05) is 45.2 Å². The molecule has 0 bridgehead atoms. The van der Waals surface area contributed by atoms with Gasteiger partial charge in [-0.2, -0.15) is 0 Å². The minimum atomic E-state index is 0.695. The number of rotatable bonds is 5. The van der Waals surface area contributed by atoms with Crippen molar-refractivity contribution >= 4 is 11.0 Å². The molecular formula is C19H29N3. The third-order valence-electron chi connectivity index (χ3n) is 4.99. The third kappa shape index (κ3) is 3.52. The summed E-state index contributed by atoms with van der Waals surface area (Å²) in [6.07, 6.45) is 6.67. The molecular weight excluding hydrogens is 270 g/mol. The Morgan fingerprint density at radius 3 is 2.55 bits per heavy atom. The van der Waals surface area contributed by atoms with Crippen molar-refractivity contribution in [3.8, 4) is 0 Å². The summed E-state index contributed by atoms with van der Waals surface area (Å²) >= 11 is 0. The Hall–Kier alpha value is -1.35. The zero-order valence-electron chi connectivity index (χ0n) is 14.1. The van der Waals surface area contributed by atoms with E-state index in [9.17, 15) is 0 Å². The molecule has 0 N–H and O–H groups in total. The van der Waals surface area contributed by atoms with E-state index in [0.29, 0.717) is 5.92 Å². The van der Waals surface area contributed by atoms with Gasteiger partial charge in [-0.15, -0.1) is 0 Å². The summed E-state index contributed by atoms with van der Waals surface area (Å²) in [6, 6.07) is 8.59. The molecule has 1 atom stereocenters. The maximum atomic E-state index is 4.95. The normalized spacial score (nSPS) is 18.5. The maximum Gasteiger partial charge on any atom is 0.124 e. The highest BCUT2D eigenvalue weighted by Gasteiger charge is 2.16. The van der Waals surface area contributed by atoms with E-state index in [1.165, 1.54) is 56.5 Å². The van der Waals surface area contributed by atoms with E-state index in [0.717, 1.165) is 18.6 Å². The number of aromatic nitrogens is 2. The van der Waals surface area contributed by atoms with E-state index in [2.05, 4.69) is 47.6 Å². The molecule has 2 heterocycles. The van der Waals surface area contributed by atoms with Gasteiger partial charge in [0, 0.05) is 6.54 Å². The second-order valence-corrected chi connectivity index (χ2v) is 6.83. The average Bonchev–Trinajstić information content (AvgIpc) is 2.71. The summed E-state index contributed by atoms with van der Waals surface area (Å²) in [6.45, 7) is 9.16. The molecule has 1 aromatic heterocycles. The number of benzene rings is 1. The van der Waals surface area contributed by atoms with Gasteiger partial charge in [0.25, 0.3) is 0 Å². The van der Waals surface area contributed by atoms with Crippen LogP contribution in [0.3, 0.4) is 0 Å². The lowest BCUT2D eigenvalue weighted by Gasteiger charge is -2.21. The minimum absolute atomic E-state index is 0.695. The smallest absolute Gasteiger partial charge is 0.124 e. The second-order valence-electron chi connectivity index (χ2n) is 6.83. The predicted octanol–water partition coefficient (Wildman–Crippen LogP) is 4.46. The highest BCUT2D eigenvalue weighted by Crippen LogP contribution is 2.21. The van der Waals surface area contributed by atoms with Gasteiger partial charge in [0.05, 0.1) is 17.6 Å². The van der Waals surface area contributed by atoms with Gasteiger partial charge in [-0.25, -0.2) is 4.98 Å². The molecule has 1 saturated heterocycles. The average molecular weight is 299 g/mol. The van der Waals surface area contributed by atoms with Crippen molar-refractivity contribution in [1.82, 2.24) is 14.5 Å². The van der Waals surface area contributed by atoms with Gasteiger partial charge in [0.1, 0.15) is 5.82 Å². The quantitative estimate of drug-likeness (QED) is 0.813. The predicted molar refractivity (Wildman–Crippen MR) is 92.9 cm³/mol. The molecule has 0 radical (unpaired) electrons. The summed E-state index contributed by atoms with van der Waals surface area (Å²) in [7, 11) is 0. The first-order valence-electron chi connectivity index (χ1n) is 8.94. The number of likely N-dealkylation sites (tertiary alicyclic amines) is 1. The van der Waals surface area contributed by atoms with Gasteiger partial charge in [-0.3, -0.25) is 4.90 Å². The van der Waals surface area contributed by atoms with Crippen LogP contribution < -0.4 is 0 Å². The fraction of sp³-hybridized carbons (Fsp3) is 0.632. The number of fused-ring (bicyclic) bond motifs is 1. The zero-order chi connectivity index (χ0) is 15.4. The molecule has 1 aliphatic heterocycles. The zero-order valence-corrected chi connectivity index (χ0v) is 14.1. The first-order valence-corrected chi connectivity index (χ1v) is 8.94. The minimum Gasteiger partial charge on any atom is -0.327 e. The van der Waals surface area contributed by atoms with Crippen molar-refractivity contribution in [3.05, 3.63) is 30.1 Å². The van der Waals surface area contributed by atoms with Gasteiger partial charge in [-0.05, 0) is 44.0 Å². The summed E-state index contributed by atoms with van der Waals surface area (Å²) < 4.78 is 2.47. The van der Waals surface area contributed by atoms with Crippen molar-refractivity contribution in [2.24, 2.45) is 5.92 Å². The highest BCUT2D eigenvalue weighted by molar-refractivity contribution is 5.75. The Morgan fingerprint density at radius 2 is 1.82 bits per heavy atom. The van der Waals surface area contributed by atoms with E-state index >= 15 is 0 Å². The van der Waals surface area contributed by atoms with E-state index in [4.69, 9.17) is 4.98 Å². The summed E-state index contributed by atoms with van der Waals surface area (Å²) in [5, 5.41) is 0. The molecule has 22 heavy (non-hydrogen) atoms. The Labute approximate surface area is 134 Å². The molecule has 1 aromatic carbocycles. The lowest BCUT2D eigenvalue weighted by molar-refractivity contribution is 0.264. The maximum absolute atomic E-state index is 4.95. The molecule has 120 valence electrons. The lowest BCUT2D eigenvalue weighted by atomic mass is 10.1. The van der Waals surface area contributed by atoms with Crippen molar-refractivity contribution in [2.75, 3.05) is 13.1 Å². The molecule has 0 unspecified atom stereocenters. The molecule has 1 aliphatic rings. The number of imidazole rings is 1. The molecule has 3 nitrogen and oxygen atoms in total. The lowest BCUT2D eigenvalue weighted by Crippen LogP contribution is -2.26. The van der Waals surface area contributed by atoms with Gasteiger partial charge >= 0.3 is 0 Å². The van der Waals surface area contributed by atoms with Crippen LogP contribution in [0, 0.1) is 5.92 Å². The molecule has 3 heteroatoms. The van der Waals surface area contributed by atoms with Crippen LogP contribution in [0.2, 0.25) is 0 Å². The fourth-order valence-electron chi connectivity index (χ4n) is 3.38. The molecule has 0 spiro atoms. The standard InChI is InChI=1S/C19H29N3/c1-3-16(2)14-22-18-11-7-6-10-17(18)20-19(22)15-21-12-8-4-5-9-13-21/h6-7,10-11,16H,3-5,8-9,12-15H2,1-2H3/t16-/m0/s1. The first kappa shape index (κ1) is 15.5. The number of nitrogens with zero attached hydrogens (tertiary/aromatic N) is 3. The SMILES string of the molecule is CC[C@H](C)Cn1c(CN2CCCCCC2)nc2ccccc21. The van der Waals surface area contributed by atoms with Crippen LogP contribution in [-0.2, 0) is 13.1 Å². The Bertz CT molecular complexity index is 594. The Morgan fingerprint density at radius 1 is 1.09 bits per heavy atom. The van der Waals surface area contributed by atoms with Crippen molar-refractivity contribution in [1.29, 1.82) is 0 Å². The fourth-order valence-corrected chi connectivity index (χ4v) is 3.38. The van der Waals surface area contributed by atoms with Gasteiger partial charge in [0.15, 0.2) is 0 Å². The number of hydrogen-bond acceptors (Lipinski definition) is 2. The third-order valence-corrected chi connectivity index (χ3v) is 4.99. The van der Waals surface area contributed by atoms with Crippen LogP contribution >= 0.6 is 0 Å². The monoisotopic (exact) mass is 299 g/mol. The number of hydrogen-bond donors (Lipinski definition) is 0. The Balaban J connectivity index is 1.87. The molecule has 2 aromatic rings. The van der Waals surface area contributed by atoms with Gasteiger partial charge in [0.2, 0.25) is 0 Å². The Kier molecular flexibility index (Phi) is 5.14. The highest BCUT2D eigenvalue weighted by atomic mass is 15.2. The molecule has 0 aliphatic carbocycles. The van der Waals surface area contributed by atoms with Crippen LogP contribution in [0.1, 0.15) is 51.8 Å². The van der Waals surface area contributed by atoms with Crippen LogP contribution in [0.5, 0.6) is 0 Å². The van der Waals surface area contributed by atoms with Crippen molar-refractivity contribution in [2.45, 2.75) is 59.0 Å². The van der Waals surface area contributed by atoms with Crippen LogP contribution in [-0.4, -0.2) is 27.5 Å². The van der Waals surface area contributed by atoms with Crippen LogP contribution in [0.15, 0.2) is 24.3 Å². The summed E-state index contributed by atoms with van der Waals surface area (Å²) in [5.74, 6) is 1.95. The first-order chi connectivity index (χ1) is 10.8. The largest absolute Gasteiger partial charge is 0.327 e. The summed E-state index contributed by atoms with van der Waals surface area (Å²) in [5.41, 5.74) is 2.45. The van der Waals surface area contributed by atoms with E-state index in [1.54, 1.807) is 0 Å². The van der Waals surface area contributed by atoms with Crippen molar-refractivity contribution < 1.29 is 0 Å². The van der Waals surface area contributed by atoms with Crippen LogP contribution in [0.25, 0.3) is 11.0 Å². The van der Waals surface area contributed by atoms with E-state index in [1.807, 2.05) is 0 Å². The molecule has 1 fully saturated rings. The van der Waals surface area contributed by atoms with E-state index in [-0.39, 0.29) is 0 Å². The second kappa shape index (κ2) is 7.28. The van der Waals surface area contributed by atoms with Gasteiger partial charge < -0.3 is 4.57 Å². The topological polar surface area (TPSA) is 21.1 Å².